The Morgan fingerprint density at radius 2 is 1.82 bits per heavy atom. The van der Waals surface area contributed by atoms with Crippen LogP contribution in [0.5, 0.6) is 0 Å². The molecule has 0 fully saturated rings. The average Bonchev–Trinajstić information content (AvgIpc) is 2.48. The molecular weight excluding hydrogens is 548 g/mol. The van der Waals surface area contributed by atoms with Gasteiger partial charge >= 0.3 is 0 Å². The van der Waals surface area contributed by atoms with Gasteiger partial charge in [0.1, 0.15) is 5.69 Å². The van der Waals surface area contributed by atoms with Crippen molar-refractivity contribution >= 4 is 96.0 Å². The van der Waals surface area contributed by atoms with E-state index in [1.165, 1.54) is 0 Å². The van der Waals surface area contributed by atoms with E-state index in [-0.39, 0.29) is 0 Å². The van der Waals surface area contributed by atoms with Crippen LogP contribution in [-0.2, 0) is 0 Å². The fourth-order valence-electron chi connectivity index (χ4n) is 1.78. The second-order valence-corrected chi connectivity index (χ2v) is 8.04. The maximum atomic E-state index is 4.56. The van der Waals surface area contributed by atoms with Crippen molar-refractivity contribution < 1.29 is 0 Å². The quantitative estimate of drug-likeness (QED) is 0.228. The number of aliphatic imine (C=N–C) groups is 1. The van der Waals surface area contributed by atoms with Crippen LogP contribution in [0.3, 0.4) is 0 Å². The number of fused-ring (bicyclic) bond motifs is 1. The Morgan fingerprint density at radius 3 is 2.41 bits per heavy atom. The first-order valence-electron chi connectivity index (χ1n) is 4.92. The van der Waals surface area contributed by atoms with E-state index >= 15 is 0 Å². The lowest BCUT2D eigenvalue weighted by atomic mass is 10.2. The van der Waals surface area contributed by atoms with E-state index in [0.29, 0.717) is 3.51 Å². The molecule has 0 aromatic heterocycles. The van der Waals surface area contributed by atoms with E-state index in [9.17, 15) is 0 Å². The van der Waals surface area contributed by atoms with Crippen LogP contribution in [-0.4, -0.2) is 11.3 Å². The fourth-order valence-corrected chi connectivity index (χ4v) is 5.06. The molecule has 92 valence electrons. The van der Waals surface area contributed by atoms with Gasteiger partial charge in [-0.2, -0.15) is 8.50 Å². The molecule has 0 saturated heterocycles. The van der Waals surface area contributed by atoms with Gasteiger partial charge in [0.2, 0.25) is 16.1 Å². The number of amidine groups is 1. The number of halogens is 5. The summed E-state index contributed by atoms with van der Waals surface area (Å²) in [5, 5.41) is 0. The molecule has 0 aliphatic carbocycles. The smallest absolute Gasteiger partial charge is 0.183 e. The van der Waals surface area contributed by atoms with Crippen molar-refractivity contribution in [1.82, 2.24) is 3.51 Å². The van der Waals surface area contributed by atoms with Gasteiger partial charge in [0.15, 0.2) is 5.69 Å². The summed E-state index contributed by atoms with van der Waals surface area (Å²) in [4.78, 5) is 4.56. The van der Waals surface area contributed by atoms with Gasteiger partial charge in [-0.05, 0) is 60.3 Å². The lowest BCUT2D eigenvalue weighted by Gasteiger charge is -2.24. The van der Waals surface area contributed by atoms with Gasteiger partial charge in [-0.15, -0.1) is 0 Å². The maximum Gasteiger partial charge on any atom is 0.287 e. The van der Waals surface area contributed by atoms with Crippen molar-refractivity contribution in [3.8, 4) is 0 Å². The van der Waals surface area contributed by atoms with Crippen LogP contribution < -0.4 is 3.51 Å². The molecule has 1 atom stereocenters. The molecule has 7 heteroatoms. The Morgan fingerprint density at radius 1 is 1.18 bits per heavy atom. The SMILES string of the molecule is CCC[N+]1(Br)C(Br)=Nc2cc(Br)c(Br)c(Br)c21. The average molecular weight is 556 g/mol. The fraction of sp³-hybridized carbons (Fsp3) is 0.300. The summed E-state index contributed by atoms with van der Waals surface area (Å²) >= 11 is 18.0. The minimum atomic E-state index is 0.519. The molecule has 2 rings (SSSR count). The van der Waals surface area contributed by atoms with Gasteiger partial charge in [0.05, 0.1) is 15.5 Å². The highest BCUT2D eigenvalue weighted by atomic mass is 79.9. The van der Waals surface area contributed by atoms with Gasteiger partial charge in [0, 0.05) is 20.4 Å². The summed E-state index contributed by atoms with van der Waals surface area (Å²) in [5.74, 6) is 0. The third-order valence-corrected chi connectivity index (χ3v) is 8.10. The predicted molar refractivity (Wildman–Crippen MR) is 91.4 cm³/mol. The minimum absolute atomic E-state index is 0.519. The molecule has 0 amide bonds. The number of quaternary nitrogens is 1. The molecular formula is C10H8Br5N2+. The molecule has 0 bridgehead atoms. The molecule has 1 heterocycles. The molecule has 17 heavy (non-hydrogen) atoms. The summed E-state index contributed by atoms with van der Waals surface area (Å²) in [6.07, 6.45) is 1.05. The Labute approximate surface area is 142 Å². The summed E-state index contributed by atoms with van der Waals surface area (Å²) < 4.78 is 4.41. The van der Waals surface area contributed by atoms with Crippen LogP contribution >= 0.6 is 79.9 Å². The van der Waals surface area contributed by atoms with Crippen molar-refractivity contribution in [2.45, 2.75) is 13.3 Å². The van der Waals surface area contributed by atoms with Gasteiger partial charge in [0.25, 0.3) is 4.74 Å². The number of benzene rings is 1. The van der Waals surface area contributed by atoms with E-state index in [4.69, 9.17) is 0 Å². The zero-order valence-corrected chi connectivity index (χ0v) is 16.7. The molecule has 1 aliphatic rings. The van der Waals surface area contributed by atoms with E-state index in [2.05, 4.69) is 91.8 Å². The third kappa shape index (κ3) is 2.36. The normalized spacial score (nSPS) is 22.6. The molecule has 1 aromatic carbocycles. The molecule has 0 radical (unpaired) electrons. The Balaban J connectivity index is 2.69. The van der Waals surface area contributed by atoms with Gasteiger partial charge in [-0.3, -0.25) is 0 Å². The number of rotatable bonds is 2. The molecule has 0 saturated carbocycles. The Kier molecular flexibility index (Phi) is 4.59. The van der Waals surface area contributed by atoms with E-state index < -0.39 is 0 Å². The first-order chi connectivity index (χ1) is 7.91. The molecule has 0 spiro atoms. The minimum Gasteiger partial charge on any atom is -0.183 e. The van der Waals surface area contributed by atoms with Crippen LogP contribution in [0.15, 0.2) is 24.5 Å². The topological polar surface area (TPSA) is 12.4 Å². The lowest BCUT2D eigenvalue weighted by Crippen LogP contribution is -2.40. The van der Waals surface area contributed by atoms with Crippen LogP contribution in [0.25, 0.3) is 0 Å². The van der Waals surface area contributed by atoms with Crippen LogP contribution in [0.4, 0.5) is 11.4 Å². The first kappa shape index (κ1) is 14.7. The predicted octanol–water partition coefficient (Wildman–Crippen LogP) is 6.40. The summed E-state index contributed by atoms with van der Waals surface area (Å²) in [6.45, 7) is 3.09. The zero-order chi connectivity index (χ0) is 12.8. The molecule has 1 unspecified atom stereocenters. The lowest BCUT2D eigenvalue weighted by molar-refractivity contribution is 0.664. The van der Waals surface area contributed by atoms with Crippen molar-refractivity contribution in [1.29, 1.82) is 0 Å². The monoisotopic (exact) mass is 551 g/mol. The van der Waals surface area contributed by atoms with Crippen molar-refractivity contribution in [2.75, 3.05) is 6.54 Å². The third-order valence-electron chi connectivity index (χ3n) is 2.51. The first-order valence-corrected chi connectivity index (χ1v) is 8.80. The van der Waals surface area contributed by atoms with Crippen molar-refractivity contribution in [2.24, 2.45) is 4.99 Å². The largest absolute Gasteiger partial charge is 0.287 e. The molecule has 2 nitrogen and oxygen atoms in total. The summed E-state index contributed by atoms with van der Waals surface area (Å²) in [5.41, 5.74) is 2.08. The zero-order valence-electron chi connectivity index (χ0n) is 8.78. The van der Waals surface area contributed by atoms with Crippen LogP contribution in [0.2, 0.25) is 0 Å². The van der Waals surface area contributed by atoms with Crippen molar-refractivity contribution in [3.05, 3.63) is 19.5 Å². The number of hydrogen-bond donors (Lipinski definition) is 0. The van der Waals surface area contributed by atoms with Crippen molar-refractivity contribution in [3.63, 3.8) is 0 Å². The molecule has 0 N–H and O–H groups in total. The standard InChI is InChI=1S/C10H8Br5N2/c1-2-3-17(15)9-6(16-10(17)14)4-5(11)7(12)8(9)13/h4H,2-3H2,1H3/q+1. The molecule has 1 aromatic rings. The second kappa shape index (κ2) is 5.32. The maximum absolute atomic E-state index is 4.56. The highest BCUT2D eigenvalue weighted by Crippen LogP contribution is 2.53. The van der Waals surface area contributed by atoms with E-state index in [1.54, 1.807) is 0 Å². The van der Waals surface area contributed by atoms with Gasteiger partial charge in [-0.25, -0.2) is 0 Å². The van der Waals surface area contributed by atoms with Crippen LogP contribution in [0, 0.1) is 0 Å². The molecule has 1 aliphatic heterocycles. The van der Waals surface area contributed by atoms with Gasteiger partial charge in [-0.1, -0.05) is 6.92 Å². The van der Waals surface area contributed by atoms with Crippen LogP contribution in [0.1, 0.15) is 13.3 Å². The van der Waals surface area contributed by atoms with Gasteiger partial charge < -0.3 is 0 Å². The highest BCUT2D eigenvalue weighted by Gasteiger charge is 2.44. The second-order valence-electron chi connectivity index (χ2n) is 3.68. The highest BCUT2D eigenvalue weighted by molar-refractivity contribution is 9.19. The summed E-state index contributed by atoms with van der Waals surface area (Å²) in [7, 11) is 0. The Hall–Kier alpha value is 1.25. The Bertz CT molecular complexity index is 514. The number of nitrogens with zero attached hydrogens (tertiary/aromatic N) is 2. The summed E-state index contributed by atoms with van der Waals surface area (Å²) in [6, 6.07) is 2.02. The van der Waals surface area contributed by atoms with E-state index in [1.807, 2.05) is 6.07 Å². The van der Waals surface area contributed by atoms with E-state index in [0.717, 1.165) is 42.5 Å². The number of hydrogen-bond acceptors (Lipinski definition) is 1.